The largest absolute Gasteiger partial charge is 0.416 e. The van der Waals surface area contributed by atoms with Crippen LogP contribution < -0.4 is 5.32 Å². The second-order valence-electron chi connectivity index (χ2n) is 4.35. The van der Waals surface area contributed by atoms with Gasteiger partial charge in [-0.2, -0.15) is 13.2 Å². The molecular formula is C13H11ClF3NO. The molecule has 2 rings (SSSR count). The Morgan fingerprint density at radius 1 is 1.37 bits per heavy atom. The van der Waals surface area contributed by atoms with Gasteiger partial charge in [0.2, 0.25) is 5.91 Å². The highest BCUT2D eigenvalue weighted by Crippen LogP contribution is 2.32. The maximum atomic E-state index is 12.5. The zero-order valence-electron chi connectivity index (χ0n) is 9.80. The van der Waals surface area contributed by atoms with Crippen LogP contribution in [0.25, 0.3) is 6.08 Å². The molecule has 0 aromatic heterocycles. The molecule has 6 heteroatoms. The normalized spacial score (nSPS) is 15.8. The zero-order valence-corrected chi connectivity index (χ0v) is 10.6. The standard InChI is InChI=1S/C13H11ClF3NO/c14-11-5-2-9(13(15,16)17)7-8(11)1-6-12(19)18-10-3-4-10/h1-2,5-7,10H,3-4H2,(H,18,19)/b6-1+. The fraction of sp³-hybridized carbons (Fsp3) is 0.308. The van der Waals surface area contributed by atoms with Crippen LogP contribution in [0, 0.1) is 0 Å². The molecule has 1 aromatic rings. The molecule has 1 aromatic carbocycles. The van der Waals surface area contributed by atoms with Gasteiger partial charge in [0.15, 0.2) is 0 Å². The van der Waals surface area contributed by atoms with Gasteiger partial charge in [-0.15, -0.1) is 0 Å². The van der Waals surface area contributed by atoms with E-state index in [4.69, 9.17) is 11.6 Å². The Hall–Kier alpha value is -1.49. The minimum Gasteiger partial charge on any atom is -0.350 e. The summed E-state index contributed by atoms with van der Waals surface area (Å²) in [5, 5.41) is 2.87. The van der Waals surface area contributed by atoms with Crippen molar-refractivity contribution in [1.29, 1.82) is 0 Å². The van der Waals surface area contributed by atoms with Crippen molar-refractivity contribution >= 4 is 23.6 Å². The fourth-order valence-electron chi connectivity index (χ4n) is 1.49. The molecule has 2 nitrogen and oxygen atoms in total. The van der Waals surface area contributed by atoms with Gasteiger partial charge in [0.1, 0.15) is 0 Å². The van der Waals surface area contributed by atoms with E-state index >= 15 is 0 Å². The van der Waals surface area contributed by atoms with Gasteiger partial charge in [-0.05, 0) is 42.7 Å². The first-order valence-electron chi connectivity index (χ1n) is 5.71. The van der Waals surface area contributed by atoms with Gasteiger partial charge in [0.05, 0.1) is 5.56 Å². The molecule has 1 fully saturated rings. The molecule has 0 atom stereocenters. The highest BCUT2D eigenvalue weighted by atomic mass is 35.5. The molecule has 0 spiro atoms. The van der Waals surface area contributed by atoms with E-state index in [0.29, 0.717) is 0 Å². The molecule has 102 valence electrons. The van der Waals surface area contributed by atoms with Crippen molar-refractivity contribution in [3.8, 4) is 0 Å². The molecule has 19 heavy (non-hydrogen) atoms. The number of halogens is 4. The van der Waals surface area contributed by atoms with Crippen LogP contribution in [0.1, 0.15) is 24.0 Å². The molecule has 0 saturated heterocycles. The Morgan fingerprint density at radius 3 is 2.63 bits per heavy atom. The van der Waals surface area contributed by atoms with E-state index in [1.165, 1.54) is 18.2 Å². The Balaban J connectivity index is 2.14. The van der Waals surface area contributed by atoms with Crippen molar-refractivity contribution in [2.45, 2.75) is 25.1 Å². The lowest BCUT2D eigenvalue weighted by Crippen LogP contribution is -2.22. The maximum Gasteiger partial charge on any atom is 0.416 e. The summed E-state index contributed by atoms with van der Waals surface area (Å²) in [5.41, 5.74) is -0.624. The Morgan fingerprint density at radius 2 is 2.05 bits per heavy atom. The lowest BCUT2D eigenvalue weighted by molar-refractivity contribution is -0.137. The fourth-order valence-corrected chi connectivity index (χ4v) is 1.67. The number of hydrogen-bond donors (Lipinski definition) is 1. The van der Waals surface area contributed by atoms with Crippen LogP contribution in [0.15, 0.2) is 24.3 Å². The summed E-state index contributed by atoms with van der Waals surface area (Å²) in [7, 11) is 0. The summed E-state index contributed by atoms with van der Waals surface area (Å²) >= 11 is 5.80. The average Bonchev–Trinajstić information content (AvgIpc) is 3.10. The molecular weight excluding hydrogens is 279 g/mol. The monoisotopic (exact) mass is 289 g/mol. The van der Waals surface area contributed by atoms with E-state index in [1.807, 2.05) is 0 Å². The van der Waals surface area contributed by atoms with Crippen LogP contribution in [-0.4, -0.2) is 11.9 Å². The lowest BCUT2D eigenvalue weighted by Gasteiger charge is -2.08. The van der Waals surface area contributed by atoms with Crippen molar-refractivity contribution < 1.29 is 18.0 Å². The number of carbonyl (C=O) groups is 1. The molecule has 0 heterocycles. The third-order valence-electron chi connectivity index (χ3n) is 2.66. The van der Waals surface area contributed by atoms with E-state index in [-0.39, 0.29) is 22.5 Å². The van der Waals surface area contributed by atoms with Gasteiger partial charge < -0.3 is 5.32 Å². The topological polar surface area (TPSA) is 29.1 Å². The summed E-state index contributed by atoms with van der Waals surface area (Å²) in [6, 6.07) is 3.20. The smallest absolute Gasteiger partial charge is 0.350 e. The molecule has 0 aliphatic heterocycles. The first-order chi connectivity index (χ1) is 8.86. The van der Waals surface area contributed by atoms with Crippen LogP contribution in [0.3, 0.4) is 0 Å². The number of hydrogen-bond acceptors (Lipinski definition) is 1. The summed E-state index contributed by atoms with van der Waals surface area (Å²) in [6.07, 6.45) is -0.0494. The summed E-state index contributed by atoms with van der Waals surface area (Å²) < 4.78 is 37.6. The van der Waals surface area contributed by atoms with Crippen LogP contribution in [0.4, 0.5) is 13.2 Å². The van der Waals surface area contributed by atoms with Gasteiger partial charge in [-0.1, -0.05) is 11.6 Å². The van der Waals surface area contributed by atoms with E-state index in [0.717, 1.165) is 25.0 Å². The number of nitrogens with one attached hydrogen (secondary N) is 1. The highest BCUT2D eigenvalue weighted by Gasteiger charge is 2.30. The minimum atomic E-state index is -4.43. The predicted molar refractivity (Wildman–Crippen MR) is 66.7 cm³/mol. The number of rotatable bonds is 3. The molecule has 1 saturated carbocycles. The van der Waals surface area contributed by atoms with Crippen molar-refractivity contribution in [1.82, 2.24) is 5.32 Å². The Bertz CT molecular complexity index is 521. The van der Waals surface area contributed by atoms with Gasteiger partial charge in [0, 0.05) is 17.1 Å². The van der Waals surface area contributed by atoms with E-state index in [2.05, 4.69) is 5.32 Å². The second-order valence-corrected chi connectivity index (χ2v) is 4.76. The maximum absolute atomic E-state index is 12.5. The molecule has 1 aliphatic rings. The van der Waals surface area contributed by atoms with Crippen LogP contribution in [0.2, 0.25) is 5.02 Å². The van der Waals surface area contributed by atoms with E-state index in [1.54, 1.807) is 0 Å². The van der Waals surface area contributed by atoms with Crippen molar-refractivity contribution in [3.63, 3.8) is 0 Å². The van der Waals surface area contributed by atoms with Crippen molar-refractivity contribution in [2.75, 3.05) is 0 Å². The van der Waals surface area contributed by atoms with Gasteiger partial charge in [-0.25, -0.2) is 0 Å². The van der Waals surface area contributed by atoms with Crippen molar-refractivity contribution in [3.05, 3.63) is 40.4 Å². The van der Waals surface area contributed by atoms with E-state index in [9.17, 15) is 18.0 Å². The first-order valence-corrected chi connectivity index (χ1v) is 6.09. The van der Waals surface area contributed by atoms with Gasteiger partial charge in [0.25, 0.3) is 0 Å². The molecule has 1 aliphatic carbocycles. The predicted octanol–water partition coefficient (Wildman–Crippen LogP) is 3.65. The number of alkyl halides is 3. The highest BCUT2D eigenvalue weighted by molar-refractivity contribution is 6.32. The van der Waals surface area contributed by atoms with Crippen LogP contribution in [-0.2, 0) is 11.0 Å². The van der Waals surface area contributed by atoms with Crippen molar-refractivity contribution in [2.24, 2.45) is 0 Å². The molecule has 1 N–H and O–H groups in total. The number of benzene rings is 1. The number of amides is 1. The SMILES string of the molecule is O=C(/C=C/c1cc(C(F)(F)F)ccc1Cl)NC1CC1. The summed E-state index contributed by atoms with van der Waals surface area (Å²) in [5.74, 6) is -0.323. The van der Waals surface area contributed by atoms with E-state index < -0.39 is 11.7 Å². The lowest BCUT2D eigenvalue weighted by atomic mass is 10.1. The number of carbonyl (C=O) groups excluding carboxylic acids is 1. The molecule has 0 radical (unpaired) electrons. The van der Waals surface area contributed by atoms with Gasteiger partial charge in [-0.3, -0.25) is 4.79 Å². The second kappa shape index (κ2) is 5.25. The Kier molecular flexibility index (Phi) is 3.85. The molecule has 0 unspecified atom stereocenters. The molecule has 1 amide bonds. The van der Waals surface area contributed by atoms with Gasteiger partial charge >= 0.3 is 6.18 Å². The first kappa shape index (κ1) is 13.9. The third-order valence-corrected chi connectivity index (χ3v) is 3.01. The summed E-state index contributed by atoms with van der Waals surface area (Å²) in [6.45, 7) is 0. The van der Waals surface area contributed by atoms with Crippen LogP contribution >= 0.6 is 11.6 Å². The third kappa shape index (κ3) is 3.99. The average molecular weight is 290 g/mol. The summed E-state index contributed by atoms with van der Waals surface area (Å²) in [4.78, 5) is 11.4. The zero-order chi connectivity index (χ0) is 14.0. The Labute approximate surface area is 113 Å². The molecule has 0 bridgehead atoms. The quantitative estimate of drug-likeness (QED) is 0.846. The minimum absolute atomic E-state index is 0.169. The van der Waals surface area contributed by atoms with Crippen LogP contribution in [0.5, 0.6) is 0 Å².